The summed E-state index contributed by atoms with van der Waals surface area (Å²) in [5, 5.41) is 2.29. The normalized spacial score (nSPS) is 10.9. The van der Waals surface area contributed by atoms with E-state index in [0.29, 0.717) is 12.4 Å². The monoisotopic (exact) mass is 334 g/mol. The topological polar surface area (TPSA) is 39.5 Å². The summed E-state index contributed by atoms with van der Waals surface area (Å²) in [5.41, 5.74) is 2.12. The van der Waals surface area contributed by atoms with Crippen molar-refractivity contribution in [3.63, 3.8) is 0 Å². The lowest BCUT2D eigenvalue weighted by Gasteiger charge is -2.12. The molecular formula is C19H27FN2O2+2. The first-order chi connectivity index (χ1) is 11.6. The van der Waals surface area contributed by atoms with Crippen molar-refractivity contribution in [1.82, 2.24) is 0 Å². The first-order valence-corrected chi connectivity index (χ1v) is 8.23. The Morgan fingerprint density at radius 3 is 2.38 bits per heavy atom. The SMILES string of the molecule is COc1cc(C[NH2+]CC[NH+](C)C)ccc1OCc1ccc(F)cc1. The van der Waals surface area contributed by atoms with Gasteiger partial charge in [0.15, 0.2) is 11.5 Å². The van der Waals surface area contributed by atoms with Crippen molar-refractivity contribution in [1.29, 1.82) is 0 Å². The predicted molar refractivity (Wildman–Crippen MR) is 91.9 cm³/mol. The van der Waals surface area contributed by atoms with Crippen LogP contribution >= 0.6 is 0 Å². The van der Waals surface area contributed by atoms with E-state index in [1.807, 2.05) is 12.1 Å². The van der Waals surface area contributed by atoms with Gasteiger partial charge in [-0.25, -0.2) is 4.39 Å². The van der Waals surface area contributed by atoms with Gasteiger partial charge in [0.2, 0.25) is 0 Å². The Bertz CT molecular complexity index is 630. The summed E-state index contributed by atoms with van der Waals surface area (Å²) in [5.74, 6) is 1.18. The van der Waals surface area contributed by atoms with E-state index in [9.17, 15) is 4.39 Å². The second-order valence-electron chi connectivity index (χ2n) is 6.14. The molecule has 0 aliphatic heterocycles. The highest BCUT2D eigenvalue weighted by atomic mass is 19.1. The fourth-order valence-electron chi connectivity index (χ4n) is 2.36. The van der Waals surface area contributed by atoms with Crippen LogP contribution in [0.1, 0.15) is 11.1 Å². The Hall–Kier alpha value is -2.11. The number of benzene rings is 2. The number of rotatable bonds is 9. The quantitative estimate of drug-likeness (QED) is 0.660. The maximum absolute atomic E-state index is 12.9. The molecule has 0 atom stereocenters. The minimum atomic E-state index is -0.243. The van der Waals surface area contributed by atoms with Gasteiger partial charge in [0.05, 0.1) is 21.2 Å². The van der Waals surface area contributed by atoms with Gasteiger partial charge < -0.3 is 19.7 Å². The third-order valence-electron chi connectivity index (χ3n) is 3.76. The van der Waals surface area contributed by atoms with Crippen LogP contribution in [0.15, 0.2) is 42.5 Å². The minimum absolute atomic E-state index is 0.243. The van der Waals surface area contributed by atoms with Crippen LogP contribution in [-0.4, -0.2) is 34.3 Å². The zero-order valence-corrected chi connectivity index (χ0v) is 14.6. The lowest BCUT2D eigenvalue weighted by atomic mass is 10.2. The first kappa shape index (κ1) is 18.2. The molecule has 24 heavy (non-hydrogen) atoms. The van der Waals surface area contributed by atoms with Gasteiger partial charge >= 0.3 is 0 Å². The number of nitrogens with two attached hydrogens (primary N) is 1. The van der Waals surface area contributed by atoms with E-state index in [0.717, 1.165) is 30.9 Å². The maximum Gasteiger partial charge on any atom is 0.161 e. The summed E-state index contributed by atoms with van der Waals surface area (Å²) >= 11 is 0. The molecule has 5 heteroatoms. The van der Waals surface area contributed by atoms with E-state index in [1.165, 1.54) is 22.6 Å². The molecule has 3 N–H and O–H groups in total. The van der Waals surface area contributed by atoms with Crippen LogP contribution in [0, 0.1) is 5.82 Å². The number of quaternary nitrogens is 2. The predicted octanol–water partition coefficient (Wildman–Crippen LogP) is 0.621. The molecule has 2 aromatic carbocycles. The molecular weight excluding hydrogens is 307 g/mol. The van der Waals surface area contributed by atoms with E-state index in [1.54, 1.807) is 19.2 Å². The molecule has 0 aliphatic carbocycles. The highest BCUT2D eigenvalue weighted by molar-refractivity contribution is 5.42. The number of halogens is 1. The molecule has 2 rings (SSSR count). The van der Waals surface area contributed by atoms with Gasteiger partial charge in [-0.1, -0.05) is 12.1 Å². The molecule has 0 aliphatic rings. The van der Waals surface area contributed by atoms with Crippen LogP contribution in [0.2, 0.25) is 0 Å². The van der Waals surface area contributed by atoms with Crippen molar-refractivity contribution in [3.05, 3.63) is 59.4 Å². The Kier molecular flexibility index (Phi) is 7.03. The third kappa shape index (κ3) is 5.83. The Balaban J connectivity index is 1.91. The Morgan fingerprint density at radius 2 is 1.71 bits per heavy atom. The van der Waals surface area contributed by atoms with Crippen molar-refractivity contribution < 1.29 is 24.1 Å². The highest BCUT2D eigenvalue weighted by Crippen LogP contribution is 2.28. The Morgan fingerprint density at radius 1 is 1.00 bits per heavy atom. The fourth-order valence-corrected chi connectivity index (χ4v) is 2.36. The molecule has 0 unspecified atom stereocenters. The smallest absolute Gasteiger partial charge is 0.161 e. The van der Waals surface area contributed by atoms with Gasteiger partial charge in [-0.3, -0.25) is 0 Å². The van der Waals surface area contributed by atoms with E-state index in [-0.39, 0.29) is 5.82 Å². The van der Waals surface area contributed by atoms with Gasteiger partial charge in [-0.2, -0.15) is 0 Å². The lowest BCUT2D eigenvalue weighted by Crippen LogP contribution is -3.09. The Labute approximate surface area is 143 Å². The second-order valence-corrected chi connectivity index (χ2v) is 6.14. The molecule has 0 amide bonds. The number of methoxy groups -OCH3 is 1. The first-order valence-electron chi connectivity index (χ1n) is 8.23. The zero-order valence-electron chi connectivity index (χ0n) is 14.6. The molecule has 0 fully saturated rings. The van der Waals surface area contributed by atoms with Gasteiger partial charge in [0.1, 0.15) is 32.1 Å². The molecule has 2 aromatic rings. The molecule has 4 nitrogen and oxygen atoms in total. The summed E-state index contributed by atoms with van der Waals surface area (Å²) < 4.78 is 24.2. The lowest BCUT2D eigenvalue weighted by molar-refractivity contribution is -0.875. The molecule has 0 saturated heterocycles. The zero-order chi connectivity index (χ0) is 17.4. The second kappa shape index (κ2) is 9.25. The minimum Gasteiger partial charge on any atom is -0.493 e. The number of ether oxygens (including phenoxy) is 2. The van der Waals surface area contributed by atoms with E-state index in [2.05, 4.69) is 25.5 Å². The summed E-state index contributed by atoms with van der Waals surface area (Å²) in [6.45, 7) is 3.53. The largest absolute Gasteiger partial charge is 0.493 e. The van der Waals surface area contributed by atoms with Gasteiger partial charge in [-0.15, -0.1) is 0 Å². The van der Waals surface area contributed by atoms with E-state index in [4.69, 9.17) is 9.47 Å². The number of likely N-dealkylation sites (N-methyl/N-ethyl adjacent to an activating group) is 1. The summed E-state index contributed by atoms with van der Waals surface area (Å²) in [4.78, 5) is 1.45. The van der Waals surface area contributed by atoms with E-state index < -0.39 is 0 Å². The molecule has 0 aromatic heterocycles. The number of hydrogen-bond acceptors (Lipinski definition) is 2. The van der Waals surface area contributed by atoms with Crippen LogP contribution in [0.25, 0.3) is 0 Å². The van der Waals surface area contributed by atoms with Gasteiger partial charge in [0, 0.05) is 5.56 Å². The van der Waals surface area contributed by atoms with Crippen LogP contribution in [0.4, 0.5) is 4.39 Å². The summed E-state index contributed by atoms with van der Waals surface area (Å²) in [6.07, 6.45) is 0. The van der Waals surface area contributed by atoms with E-state index >= 15 is 0 Å². The van der Waals surface area contributed by atoms with Crippen LogP contribution < -0.4 is 19.7 Å². The van der Waals surface area contributed by atoms with Crippen LogP contribution in [0.3, 0.4) is 0 Å². The summed E-state index contributed by atoms with van der Waals surface area (Å²) in [7, 11) is 5.96. The summed E-state index contributed by atoms with van der Waals surface area (Å²) in [6, 6.07) is 12.3. The molecule has 0 spiro atoms. The highest BCUT2D eigenvalue weighted by Gasteiger charge is 2.08. The standard InChI is InChI=1S/C19H25FN2O2/c1-22(2)11-10-21-13-16-6-9-18(19(12-16)23-3)24-14-15-4-7-17(20)8-5-15/h4-9,12,21H,10-11,13-14H2,1-3H3/p+2. The van der Waals surface area contributed by atoms with Crippen molar-refractivity contribution in [2.75, 3.05) is 34.3 Å². The van der Waals surface area contributed by atoms with Crippen molar-refractivity contribution in [2.45, 2.75) is 13.2 Å². The maximum atomic E-state index is 12.9. The molecule has 0 saturated carbocycles. The molecule has 0 heterocycles. The van der Waals surface area contributed by atoms with Gasteiger partial charge in [0.25, 0.3) is 0 Å². The third-order valence-corrected chi connectivity index (χ3v) is 3.76. The number of nitrogens with one attached hydrogen (secondary N) is 1. The van der Waals surface area contributed by atoms with Crippen LogP contribution in [0.5, 0.6) is 11.5 Å². The van der Waals surface area contributed by atoms with Gasteiger partial charge in [-0.05, 0) is 35.9 Å². The van der Waals surface area contributed by atoms with Crippen LogP contribution in [-0.2, 0) is 13.2 Å². The molecule has 130 valence electrons. The number of hydrogen-bond donors (Lipinski definition) is 2. The van der Waals surface area contributed by atoms with Crippen molar-refractivity contribution >= 4 is 0 Å². The van der Waals surface area contributed by atoms with Crippen molar-refractivity contribution in [3.8, 4) is 11.5 Å². The fraction of sp³-hybridized carbons (Fsp3) is 0.368. The van der Waals surface area contributed by atoms with Crippen molar-refractivity contribution in [2.24, 2.45) is 0 Å². The molecule has 0 bridgehead atoms. The average Bonchev–Trinajstić information content (AvgIpc) is 2.58. The molecule has 0 radical (unpaired) electrons. The average molecular weight is 334 g/mol.